The minimum absolute atomic E-state index is 0.198. The van der Waals surface area contributed by atoms with Crippen LogP contribution in [0, 0.1) is 11.3 Å². The van der Waals surface area contributed by atoms with Gasteiger partial charge in [0.05, 0.1) is 12.7 Å². The summed E-state index contributed by atoms with van der Waals surface area (Å²) in [6.07, 6.45) is 0. The summed E-state index contributed by atoms with van der Waals surface area (Å²) in [5.41, 5.74) is 1.40. The normalized spacial score (nSPS) is 14.5. The Hall–Kier alpha value is -2.26. The number of carbonyl (C=O) groups is 1. The number of methoxy groups -OCH3 is 1. The third kappa shape index (κ3) is 3.39. The first-order valence-corrected chi connectivity index (χ1v) is 6.44. The van der Waals surface area contributed by atoms with E-state index < -0.39 is 5.97 Å². The summed E-state index contributed by atoms with van der Waals surface area (Å²) in [6, 6.07) is 7.47. The highest BCUT2D eigenvalue weighted by atomic mass is 16.6. The molecule has 1 aliphatic heterocycles. The number of hydrogen-bond donors (Lipinski definition) is 1. The van der Waals surface area contributed by atoms with Gasteiger partial charge in [0.25, 0.3) is 0 Å². The van der Waals surface area contributed by atoms with Crippen molar-refractivity contribution in [2.24, 2.45) is 0 Å². The molecule has 0 spiro atoms. The van der Waals surface area contributed by atoms with E-state index in [-0.39, 0.29) is 6.61 Å². The molecule has 1 N–H and O–H groups in total. The van der Waals surface area contributed by atoms with Crippen LogP contribution >= 0.6 is 0 Å². The molecule has 1 aromatic rings. The lowest BCUT2D eigenvalue weighted by atomic mass is 10.1. The molecule has 1 aromatic carbocycles. The summed E-state index contributed by atoms with van der Waals surface area (Å²) in [6.45, 7) is 3.47. The molecule has 2 rings (SSSR count). The van der Waals surface area contributed by atoms with Crippen LogP contribution in [0.2, 0.25) is 0 Å². The van der Waals surface area contributed by atoms with Gasteiger partial charge in [-0.05, 0) is 12.1 Å². The van der Waals surface area contributed by atoms with Gasteiger partial charge in [-0.15, -0.1) is 0 Å². The smallest absolute Gasteiger partial charge is 0.343 e. The van der Waals surface area contributed by atoms with Gasteiger partial charge in [0.15, 0.2) is 6.61 Å². The molecule has 0 unspecified atom stereocenters. The van der Waals surface area contributed by atoms with Gasteiger partial charge in [0.1, 0.15) is 11.8 Å². The Morgan fingerprint density at radius 2 is 2.20 bits per heavy atom. The van der Waals surface area contributed by atoms with Crippen LogP contribution in [0.3, 0.4) is 0 Å². The van der Waals surface area contributed by atoms with Crippen molar-refractivity contribution in [3.05, 3.63) is 23.8 Å². The van der Waals surface area contributed by atoms with Crippen molar-refractivity contribution in [2.45, 2.75) is 0 Å². The highest BCUT2D eigenvalue weighted by molar-refractivity contribution is 5.71. The number of rotatable bonds is 4. The molecule has 0 amide bonds. The molecule has 0 aromatic heterocycles. The number of esters is 1. The van der Waals surface area contributed by atoms with Crippen molar-refractivity contribution < 1.29 is 14.3 Å². The van der Waals surface area contributed by atoms with Crippen LogP contribution < -0.4 is 15.0 Å². The molecule has 6 nitrogen and oxygen atoms in total. The monoisotopic (exact) mass is 275 g/mol. The van der Waals surface area contributed by atoms with Crippen LogP contribution in [0.25, 0.3) is 0 Å². The molecule has 0 radical (unpaired) electrons. The third-order valence-corrected chi connectivity index (χ3v) is 3.14. The van der Waals surface area contributed by atoms with Crippen molar-refractivity contribution in [3.63, 3.8) is 0 Å². The number of nitrogens with one attached hydrogen (secondary N) is 1. The Labute approximate surface area is 117 Å². The summed E-state index contributed by atoms with van der Waals surface area (Å²) in [7, 11) is 1.30. The summed E-state index contributed by atoms with van der Waals surface area (Å²) in [5.74, 6) is -0.0598. The summed E-state index contributed by atoms with van der Waals surface area (Å²) < 4.78 is 9.90. The van der Waals surface area contributed by atoms with E-state index in [1.54, 1.807) is 12.1 Å². The topological polar surface area (TPSA) is 74.6 Å². The molecule has 106 valence electrons. The second kappa shape index (κ2) is 6.78. The molecule has 0 saturated carbocycles. The van der Waals surface area contributed by atoms with E-state index >= 15 is 0 Å². The molecule has 6 heteroatoms. The van der Waals surface area contributed by atoms with E-state index in [1.807, 2.05) is 6.07 Å². The fraction of sp³-hybridized carbons (Fsp3) is 0.429. The number of piperazine rings is 1. The second-order valence-corrected chi connectivity index (χ2v) is 4.39. The lowest BCUT2D eigenvalue weighted by Gasteiger charge is -2.29. The predicted molar refractivity (Wildman–Crippen MR) is 73.8 cm³/mol. The Morgan fingerprint density at radius 3 is 2.85 bits per heavy atom. The van der Waals surface area contributed by atoms with Crippen LogP contribution in [0.1, 0.15) is 5.56 Å². The van der Waals surface area contributed by atoms with Crippen LogP contribution in [0.4, 0.5) is 5.69 Å². The zero-order valence-electron chi connectivity index (χ0n) is 11.4. The second-order valence-electron chi connectivity index (χ2n) is 4.39. The number of anilines is 1. The van der Waals surface area contributed by atoms with Gasteiger partial charge < -0.3 is 19.7 Å². The average molecular weight is 275 g/mol. The standard InChI is InChI=1S/C14H17N3O3/c1-19-14(18)10-20-13-8-12(3-2-11(13)9-15)17-6-4-16-5-7-17/h2-3,8,16H,4-7,10H2,1H3. The van der Waals surface area contributed by atoms with Crippen LogP contribution in [-0.2, 0) is 9.53 Å². The van der Waals surface area contributed by atoms with E-state index in [2.05, 4.69) is 21.0 Å². The number of carbonyl (C=O) groups excluding carboxylic acids is 1. The molecule has 20 heavy (non-hydrogen) atoms. The Kier molecular flexibility index (Phi) is 4.80. The van der Waals surface area contributed by atoms with Crippen LogP contribution in [0.5, 0.6) is 5.75 Å². The minimum atomic E-state index is -0.471. The maximum atomic E-state index is 11.1. The maximum absolute atomic E-state index is 11.1. The maximum Gasteiger partial charge on any atom is 0.343 e. The van der Waals surface area contributed by atoms with Crippen LogP contribution in [0.15, 0.2) is 18.2 Å². The molecular weight excluding hydrogens is 258 g/mol. The molecule has 0 atom stereocenters. The SMILES string of the molecule is COC(=O)COc1cc(N2CCNCC2)ccc1C#N. The molecule has 1 fully saturated rings. The Balaban J connectivity index is 2.15. The number of hydrogen-bond acceptors (Lipinski definition) is 6. The fourth-order valence-corrected chi connectivity index (χ4v) is 2.04. The van der Waals surface area contributed by atoms with E-state index in [1.165, 1.54) is 7.11 Å². The Morgan fingerprint density at radius 1 is 1.45 bits per heavy atom. The van der Waals surface area contributed by atoms with Gasteiger partial charge in [-0.3, -0.25) is 0 Å². The molecule has 1 saturated heterocycles. The van der Waals surface area contributed by atoms with Gasteiger partial charge >= 0.3 is 5.97 Å². The largest absolute Gasteiger partial charge is 0.480 e. The third-order valence-electron chi connectivity index (χ3n) is 3.14. The predicted octanol–water partition coefficient (Wildman–Crippen LogP) is 0.520. The zero-order chi connectivity index (χ0) is 14.4. The highest BCUT2D eigenvalue weighted by Gasteiger charge is 2.14. The van der Waals surface area contributed by atoms with E-state index in [0.717, 1.165) is 31.9 Å². The van der Waals surface area contributed by atoms with Crippen molar-refractivity contribution in [1.82, 2.24) is 5.32 Å². The Bertz CT molecular complexity index is 519. The first-order chi connectivity index (χ1) is 9.74. The molecule has 0 aliphatic carbocycles. The van der Waals surface area contributed by atoms with Crippen molar-refractivity contribution >= 4 is 11.7 Å². The van der Waals surface area contributed by atoms with E-state index in [0.29, 0.717) is 11.3 Å². The lowest BCUT2D eigenvalue weighted by Crippen LogP contribution is -2.43. The molecule has 1 heterocycles. The number of ether oxygens (including phenoxy) is 2. The zero-order valence-corrected chi connectivity index (χ0v) is 11.4. The highest BCUT2D eigenvalue weighted by Crippen LogP contribution is 2.25. The molecule has 1 aliphatic rings. The quantitative estimate of drug-likeness (QED) is 0.807. The molecule has 0 bridgehead atoms. The first kappa shape index (κ1) is 14.2. The average Bonchev–Trinajstić information content (AvgIpc) is 2.53. The summed E-state index contributed by atoms with van der Waals surface area (Å²) in [4.78, 5) is 13.3. The first-order valence-electron chi connectivity index (χ1n) is 6.44. The van der Waals surface area contributed by atoms with Gasteiger partial charge in [-0.1, -0.05) is 0 Å². The van der Waals surface area contributed by atoms with Crippen molar-refractivity contribution in [3.8, 4) is 11.8 Å². The number of nitriles is 1. The summed E-state index contributed by atoms with van der Waals surface area (Å²) >= 11 is 0. The van der Waals surface area contributed by atoms with Gasteiger partial charge in [-0.2, -0.15) is 5.26 Å². The van der Waals surface area contributed by atoms with Gasteiger partial charge in [0, 0.05) is 37.9 Å². The van der Waals surface area contributed by atoms with Crippen LogP contribution in [-0.4, -0.2) is 45.9 Å². The van der Waals surface area contributed by atoms with Gasteiger partial charge in [0.2, 0.25) is 0 Å². The number of benzene rings is 1. The lowest BCUT2D eigenvalue weighted by molar-refractivity contribution is -0.142. The van der Waals surface area contributed by atoms with Crippen molar-refractivity contribution in [2.75, 3.05) is 44.8 Å². The van der Waals surface area contributed by atoms with E-state index in [4.69, 9.17) is 10.00 Å². The fourth-order valence-electron chi connectivity index (χ4n) is 2.04. The minimum Gasteiger partial charge on any atom is -0.480 e. The number of nitrogens with zero attached hydrogens (tertiary/aromatic N) is 2. The van der Waals surface area contributed by atoms with E-state index in [9.17, 15) is 4.79 Å². The van der Waals surface area contributed by atoms with Gasteiger partial charge in [-0.25, -0.2) is 4.79 Å². The molecular formula is C14H17N3O3. The summed E-state index contributed by atoms with van der Waals surface area (Å²) in [5, 5.41) is 12.4. The van der Waals surface area contributed by atoms with Crippen molar-refractivity contribution in [1.29, 1.82) is 5.26 Å².